The second-order valence-corrected chi connectivity index (χ2v) is 70.2. The number of carbonyl (C=O) groups is 3. The molecule has 0 radical (unpaired) electrons. The van der Waals surface area contributed by atoms with Gasteiger partial charge in [-0.05, 0) is 215 Å². The first kappa shape index (κ1) is 89.5. The lowest BCUT2D eigenvalue weighted by atomic mass is 9.91. The van der Waals surface area contributed by atoms with Crippen molar-refractivity contribution in [2.45, 2.75) is 277 Å². The van der Waals surface area contributed by atoms with Crippen LogP contribution in [0.4, 0.5) is 0 Å². The second kappa shape index (κ2) is 39.8. The van der Waals surface area contributed by atoms with Crippen molar-refractivity contribution in [1.82, 2.24) is 0 Å². The summed E-state index contributed by atoms with van der Waals surface area (Å²) >= 11 is 0. The van der Waals surface area contributed by atoms with Crippen molar-refractivity contribution >= 4 is 112 Å². The number of unbranched alkanes of at least 4 members (excludes halogenated alkanes) is 1. The number of esters is 3. The Bertz CT molecular complexity index is 1870. The summed E-state index contributed by atoms with van der Waals surface area (Å²) in [5.74, 6) is 0.258. The Labute approximate surface area is 534 Å². The zero-order chi connectivity index (χ0) is 67.4. The summed E-state index contributed by atoms with van der Waals surface area (Å²) in [6.45, 7) is 71.8. The van der Waals surface area contributed by atoms with Crippen LogP contribution in [0.15, 0.2) is 0 Å². The minimum absolute atomic E-state index is 0.0200. The van der Waals surface area contributed by atoms with E-state index in [2.05, 4.69) is 164 Å². The summed E-state index contributed by atoms with van der Waals surface area (Å²) in [7, 11) is -27.6. The number of carbonyl (C=O) groups excluding carboxylic acids is 3. The van der Waals surface area contributed by atoms with E-state index in [-0.39, 0.29) is 29.7 Å². The first-order valence-electron chi connectivity index (χ1n) is 31.8. The third-order valence-corrected chi connectivity index (χ3v) is 54.3. The van der Waals surface area contributed by atoms with Crippen LogP contribution in [0.25, 0.3) is 0 Å². The predicted octanol–water partition coefficient (Wildman–Crippen LogP) is 16.3. The molecule has 0 fully saturated rings. The van der Waals surface area contributed by atoms with Gasteiger partial charge in [-0.25, -0.2) is 0 Å². The summed E-state index contributed by atoms with van der Waals surface area (Å²) in [6.07, 6.45) is 7.93. The smallest absolute Gasteiger partial charge is 0.314 e. The van der Waals surface area contributed by atoms with E-state index in [1.165, 1.54) is 19.3 Å². The van der Waals surface area contributed by atoms with Crippen molar-refractivity contribution in [3.05, 3.63) is 0 Å². The first-order valence-corrected chi connectivity index (χ1v) is 63.7. The molecular formula is C56H134O18Si11. The summed E-state index contributed by atoms with van der Waals surface area (Å²) in [6, 6.07) is 0.872. The van der Waals surface area contributed by atoms with Gasteiger partial charge < -0.3 is 64.8 Å². The molecule has 3 atom stereocenters. The summed E-state index contributed by atoms with van der Waals surface area (Å²) in [4.78, 5) is 35.0. The van der Waals surface area contributed by atoms with Crippen molar-refractivity contribution in [3.8, 4) is 0 Å². The van der Waals surface area contributed by atoms with Gasteiger partial charge in [-0.15, -0.1) is 0 Å². The number of hydrogen-bond donors (Lipinski definition) is 0. The standard InChI is InChI=1S/C32H86O12Si11.C13H26O2.C11H22O4/c1-27-32(2,3)31(33)34-29-28-30-46(7,8)36-48(11,12)38-50(15,16)40-52(19,20)42-54(23,24)44-55(25,26)43-53(21,22)41-51(17,18)39-49(13,14)37-47(9,10)35-45(4,5)6;1-5-8-9-12(7-3)10-15-13(14)11(4)6-2;1-4-10(3)11(12)15-9-8-14-7-6-13-5-2/h27-30H2,1-26H3;11-12H,5-10H2,1-4H3;10H,4-9H2,1-3H3. The van der Waals surface area contributed by atoms with Gasteiger partial charge in [0.1, 0.15) is 6.61 Å². The molecule has 3 unspecified atom stereocenters. The average Bonchev–Trinajstić information content (AvgIpc) is 3.43. The van der Waals surface area contributed by atoms with Crippen LogP contribution >= 0.6 is 0 Å². The van der Waals surface area contributed by atoms with Gasteiger partial charge in [-0.3, -0.25) is 14.4 Å². The SMILES string of the molecule is CCC(C)(C)C(=O)OCCC[Si](C)(C)O[Si](C)(C)O[Si](C)(C)O[Si](C)(C)O[Si](C)(C)O[Si](C)(C)O[Si](C)(C)O[Si](C)(C)O[Si](C)(C)O[Si](C)(C)O[Si](C)(C)C.CCCCC(CC)COC(=O)C(C)CC.CCOCCOCCOC(=O)C(C)CC. The fourth-order valence-corrected chi connectivity index (χ4v) is 65.0. The molecule has 510 valence electrons. The minimum atomic E-state index is -2.74. The molecule has 0 bridgehead atoms. The maximum atomic E-state index is 12.4. The van der Waals surface area contributed by atoms with Crippen molar-refractivity contribution < 1.29 is 79.2 Å². The lowest BCUT2D eigenvalue weighted by molar-refractivity contribution is -0.154. The van der Waals surface area contributed by atoms with Crippen LogP contribution in [0.2, 0.25) is 157 Å². The number of rotatable bonds is 43. The molecular weight excluding hydrogens is 1270 g/mol. The normalized spacial score (nSPS) is 14.8. The van der Waals surface area contributed by atoms with Crippen LogP contribution in [0.1, 0.15) is 121 Å². The van der Waals surface area contributed by atoms with Gasteiger partial charge in [0.05, 0.1) is 50.3 Å². The maximum Gasteiger partial charge on any atom is 0.314 e. The lowest BCUT2D eigenvalue weighted by Gasteiger charge is -2.45. The Morgan fingerprint density at radius 2 is 0.729 bits per heavy atom. The van der Waals surface area contributed by atoms with Gasteiger partial charge in [-0.2, -0.15) is 0 Å². The summed E-state index contributed by atoms with van der Waals surface area (Å²) in [5.41, 5.74) is -0.460. The molecule has 0 aromatic rings. The predicted molar refractivity (Wildman–Crippen MR) is 375 cm³/mol. The fourth-order valence-electron chi connectivity index (χ4n) is 9.66. The molecule has 0 saturated carbocycles. The van der Waals surface area contributed by atoms with E-state index in [1.807, 2.05) is 55.4 Å². The number of ether oxygens (including phenoxy) is 5. The van der Waals surface area contributed by atoms with E-state index in [1.54, 1.807) is 0 Å². The van der Waals surface area contributed by atoms with E-state index in [0.717, 1.165) is 38.1 Å². The van der Waals surface area contributed by atoms with Crippen LogP contribution in [0, 0.1) is 23.2 Å². The quantitative estimate of drug-likeness (QED) is 0.0242. The first-order chi connectivity index (χ1) is 38.1. The third kappa shape index (κ3) is 47.8. The average molecular weight is 1400 g/mol. The van der Waals surface area contributed by atoms with Gasteiger partial charge in [0.15, 0.2) is 16.6 Å². The molecule has 0 aliphatic carbocycles. The molecule has 0 amide bonds. The molecule has 85 heavy (non-hydrogen) atoms. The van der Waals surface area contributed by atoms with Crippen molar-refractivity contribution in [2.75, 3.05) is 46.2 Å². The van der Waals surface area contributed by atoms with Crippen LogP contribution in [0.5, 0.6) is 0 Å². The Morgan fingerprint density at radius 3 is 1.06 bits per heavy atom. The molecule has 0 rings (SSSR count). The van der Waals surface area contributed by atoms with Crippen molar-refractivity contribution in [1.29, 1.82) is 0 Å². The molecule has 0 aliphatic rings. The van der Waals surface area contributed by atoms with Gasteiger partial charge in [0.2, 0.25) is 0 Å². The Balaban J connectivity index is -0.00000180. The zero-order valence-electron chi connectivity index (χ0n) is 60.9. The Kier molecular flexibility index (Phi) is 41.9. The van der Waals surface area contributed by atoms with Crippen LogP contribution < -0.4 is 0 Å². The Morgan fingerprint density at radius 1 is 0.388 bits per heavy atom. The molecule has 0 N–H and O–H groups in total. The molecule has 29 heteroatoms. The van der Waals surface area contributed by atoms with E-state index in [4.69, 9.17) is 64.8 Å². The van der Waals surface area contributed by atoms with E-state index in [9.17, 15) is 14.4 Å². The highest BCUT2D eigenvalue weighted by molar-refractivity contribution is 6.93. The van der Waals surface area contributed by atoms with E-state index >= 15 is 0 Å². The second-order valence-electron chi connectivity index (χ2n) is 28.6. The topological polar surface area (TPSA) is 190 Å². The van der Waals surface area contributed by atoms with Crippen molar-refractivity contribution in [3.63, 3.8) is 0 Å². The van der Waals surface area contributed by atoms with Gasteiger partial charge in [0.25, 0.3) is 0 Å². The largest absolute Gasteiger partial charge is 0.465 e. The molecule has 0 aromatic carbocycles. The summed E-state index contributed by atoms with van der Waals surface area (Å²) in [5, 5.41) is 0. The molecule has 0 spiro atoms. The molecule has 0 saturated heterocycles. The highest BCUT2D eigenvalue weighted by Gasteiger charge is 2.51. The van der Waals surface area contributed by atoms with Gasteiger partial charge >= 0.3 is 95.0 Å². The van der Waals surface area contributed by atoms with Crippen LogP contribution in [-0.4, -0.2) is 158 Å². The molecule has 0 aliphatic heterocycles. The fraction of sp³-hybridized carbons (Fsp3) is 0.946. The Hall–Kier alpha value is 0.316. The van der Waals surface area contributed by atoms with Gasteiger partial charge in [-0.1, -0.05) is 67.7 Å². The monoisotopic (exact) mass is 1400 g/mol. The zero-order valence-corrected chi connectivity index (χ0v) is 71.9. The van der Waals surface area contributed by atoms with E-state index in [0.29, 0.717) is 52.2 Å². The van der Waals surface area contributed by atoms with Crippen LogP contribution in [-0.2, 0) is 79.2 Å². The minimum Gasteiger partial charge on any atom is -0.465 e. The number of hydrogen-bond acceptors (Lipinski definition) is 18. The molecule has 18 nitrogen and oxygen atoms in total. The summed E-state index contributed by atoms with van der Waals surface area (Å²) < 4.78 is 93.5. The molecule has 0 aromatic heterocycles. The van der Waals surface area contributed by atoms with Gasteiger partial charge in [0, 0.05) is 6.61 Å². The van der Waals surface area contributed by atoms with Crippen molar-refractivity contribution in [2.24, 2.45) is 23.2 Å². The third-order valence-electron chi connectivity index (χ3n) is 12.7. The highest BCUT2D eigenvalue weighted by Crippen LogP contribution is 2.32. The maximum absolute atomic E-state index is 12.4. The highest BCUT2D eigenvalue weighted by atomic mass is 28.5. The lowest BCUT2D eigenvalue weighted by Crippen LogP contribution is -2.62. The van der Waals surface area contributed by atoms with Crippen LogP contribution in [0.3, 0.4) is 0 Å². The molecule has 0 heterocycles. The van der Waals surface area contributed by atoms with E-state index < -0.39 is 99.1 Å².